The van der Waals surface area contributed by atoms with E-state index < -0.39 is 116 Å². The van der Waals surface area contributed by atoms with Crippen molar-refractivity contribution in [2.75, 3.05) is 99.1 Å². The summed E-state index contributed by atoms with van der Waals surface area (Å²) in [4.78, 5) is 86.1. The molecule has 24 heteroatoms. The van der Waals surface area contributed by atoms with E-state index in [2.05, 4.69) is 6.58 Å². The van der Waals surface area contributed by atoms with Gasteiger partial charge in [0.1, 0.15) is 31.5 Å². The molecule has 2 aliphatic heterocycles. The number of rotatable bonds is 32. The summed E-state index contributed by atoms with van der Waals surface area (Å²) in [5.74, 6) is -5.95. The molecule has 0 spiro atoms. The quantitative estimate of drug-likeness (QED) is 0.0369. The van der Waals surface area contributed by atoms with Gasteiger partial charge in [-0.15, -0.1) is 6.58 Å². The number of carbonyl (C=O) groups excluding carboxylic acids is 7. The first-order valence-electron chi connectivity index (χ1n) is 20.8. The summed E-state index contributed by atoms with van der Waals surface area (Å²) in [6.45, 7) is 13.8. The molecule has 2 heterocycles. The minimum atomic E-state index is -1.82. The van der Waals surface area contributed by atoms with Crippen LogP contribution in [0.25, 0.3) is 0 Å². The average molecular weight is 941 g/mol. The van der Waals surface area contributed by atoms with E-state index in [1.165, 1.54) is 0 Å². The molecular weight excluding hydrogens is 876 g/mol. The van der Waals surface area contributed by atoms with E-state index >= 15 is 0 Å². The molecule has 10 atom stereocenters. The molecule has 0 aliphatic carbocycles. The van der Waals surface area contributed by atoms with Crippen molar-refractivity contribution in [2.45, 2.75) is 110 Å². The molecule has 0 unspecified atom stereocenters. The summed E-state index contributed by atoms with van der Waals surface area (Å²) in [5.41, 5.74) is 0. The van der Waals surface area contributed by atoms with Crippen molar-refractivity contribution in [3.63, 3.8) is 0 Å². The van der Waals surface area contributed by atoms with Crippen molar-refractivity contribution in [3.8, 4) is 0 Å². The number of esters is 7. The normalized spacial score (nSPS) is 25.1. The van der Waals surface area contributed by atoms with E-state index in [-0.39, 0.29) is 26.4 Å². The van der Waals surface area contributed by atoms with Gasteiger partial charge in [0.15, 0.2) is 43.1 Å². The van der Waals surface area contributed by atoms with Gasteiger partial charge >= 0.3 is 41.8 Å². The number of hydrogen-bond donors (Lipinski definition) is 0. The molecule has 0 N–H and O–H groups in total. The topological polar surface area (TPSA) is 276 Å². The molecule has 65 heavy (non-hydrogen) atoms. The number of ether oxygens (including phenoxy) is 17. The maximum atomic E-state index is 12.6. The summed E-state index contributed by atoms with van der Waals surface area (Å²) in [6, 6.07) is 0. The monoisotopic (exact) mass is 940 g/mol. The maximum absolute atomic E-state index is 12.6. The average Bonchev–Trinajstić information content (AvgIpc) is 3.21. The van der Waals surface area contributed by atoms with E-state index in [0.717, 1.165) is 48.5 Å². The fraction of sp³-hybridized carbons (Fsp3) is 0.780. The highest BCUT2D eigenvalue weighted by molar-refractivity contribution is 5.69. The molecule has 24 nitrogen and oxygen atoms in total. The van der Waals surface area contributed by atoms with Crippen LogP contribution < -0.4 is 0 Å². The Balaban J connectivity index is 2.15. The Labute approximate surface area is 377 Å². The summed E-state index contributed by atoms with van der Waals surface area (Å²) in [5, 5.41) is 0. The first-order valence-corrected chi connectivity index (χ1v) is 20.8. The van der Waals surface area contributed by atoms with Gasteiger partial charge in [0.25, 0.3) is 0 Å². The first kappa shape index (κ1) is 56.8. The minimum absolute atomic E-state index is 0.00702. The van der Waals surface area contributed by atoms with Crippen molar-refractivity contribution in [1.29, 1.82) is 0 Å². The molecule has 0 amide bonds. The molecule has 0 aromatic carbocycles. The van der Waals surface area contributed by atoms with Crippen LogP contribution >= 0.6 is 0 Å². The third-order valence-corrected chi connectivity index (χ3v) is 8.49. The lowest BCUT2D eigenvalue weighted by atomic mass is 9.96. The zero-order valence-corrected chi connectivity index (χ0v) is 38.0. The third-order valence-electron chi connectivity index (χ3n) is 8.49. The smallest absolute Gasteiger partial charge is 0.303 e. The van der Waals surface area contributed by atoms with Crippen LogP contribution in [0.15, 0.2) is 12.7 Å². The summed E-state index contributed by atoms with van der Waals surface area (Å²) >= 11 is 0. The number of carbonyl (C=O) groups is 7. The first-order chi connectivity index (χ1) is 31.0. The lowest BCUT2D eigenvalue weighted by Gasteiger charge is -2.48. The highest BCUT2D eigenvalue weighted by atomic mass is 16.8. The largest absolute Gasteiger partial charge is 0.463 e. The fourth-order valence-electron chi connectivity index (χ4n) is 6.10. The van der Waals surface area contributed by atoms with Crippen LogP contribution in [-0.2, 0) is 114 Å². The second kappa shape index (κ2) is 32.3. The van der Waals surface area contributed by atoms with Crippen molar-refractivity contribution >= 4 is 41.8 Å². The second-order valence-corrected chi connectivity index (χ2v) is 14.0. The van der Waals surface area contributed by atoms with E-state index in [9.17, 15) is 33.6 Å². The Bertz CT molecular complexity index is 1470. The molecule has 0 saturated carbocycles. The van der Waals surface area contributed by atoms with Gasteiger partial charge in [-0.05, 0) is 0 Å². The van der Waals surface area contributed by atoms with Gasteiger partial charge in [-0.1, -0.05) is 6.08 Å². The van der Waals surface area contributed by atoms with Gasteiger partial charge in [-0.3, -0.25) is 33.6 Å². The van der Waals surface area contributed by atoms with Gasteiger partial charge in [0, 0.05) is 48.5 Å². The summed E-state index contributed by atoms with van der Waals surface area (Å²) < 4.78 is 95.1. The lowest BCUT2D eigenvalue weighted by Crippen LogP contribution is -2.67. The fourth-order valence-corrected chi connectivity index (χ4v) is 6.10. The van der Waals surface area contributed by atoms with Crippen LogP contribution in [0.2, 0.25) is 0 Å². The Morgan fingerprint density at radius 1 is 0.400 bits per heavy atom. The minimum Gasteiger partial charge on any atom is -0.463 e. The van der Waals surface area contributed by atoms with Crippen LogP contribution in [0, 0.1) is 0 Å². The molecule has 2 rings (SSSR count). The molecule has 2 fully saturated rings. The highest BCUT2D eigenvalue weighted by Gasteiger charge is 2.57. The second-order valence-electron chi connectivity index (χ2n) is 14.0. The Kier molecular flexibility index (Phi) is 28.2. The number of hydrogen-bond acceptors (Lipinski definition) is 24. The molecule has 0 aromatic rings. The molecule has 0 bridgehead atoms. The molecule has 2 saturated heterocycles. The van der Waals surface area contributed by atoms with Gasteiger partial charge in [0.2, 0.25) is 0 Å². The van der Waals surface area contributed by atoms with Crippen molar-refractivity contribution in [2.24, 2.45) is 0 Å². The van der Waals surface area contributed by atoms with Crippen LogP contribution in [0.3, 0.4) is 0 Å². The standard InChI is InChI=1S/C41H64O24/c1-9-10-49-11-12-50-13-14-51-15-16-52-17-18-53-19-20-54-21-22-55-40-38(61-30(7)47)37(60-29(6)46)35(33(63-40)24-57-26(3)43)65-41-39(62-31(8)48)36(59-28(5)45)34(58-27(4)44)32(64-41)23-56-25(2)42/h9,32-41H,1,10-24H2,2-8H3/t32-,33-,34+,35-,36+,37+,38-,39-,40-,41+/m1/s1. The van der Waals surface area contributed by atoms with Crippen molar-refractivity contribution in [3.05, 3.63) is 12.7 Å². The van der Waals surface area contributed by atoms with Gasteiger partial charge < -0.3 is 80.5 Å². The molecule has 2 aliphatic rings. The van der Waals surface area contributed by atoms with Crippen LogP contribution in [0.5, 0.6) is 0 Å². The Morgan fingerprint density at radius 3 is 1.12 bits per heavy atom. The van der Waals surface area contributed by atoms with E-state index in [1.807, 2.05) is 0 Å². The lowest BCUT2D eigenvalue weighted by molar-refractivity contribution is -0.361. The van der Waals surface area contributed by atoms with Gasteiger partial charge in [0.05, 0.1) is 85.9 Å². The summed E-state index contributed by atoms with van der Waals surface area (Å²) in [6.07, 6.45) is -14.1. The summed E-state index contributed by atoms with van der Waals surface area (Å²) in [7, 11) is 0. The Hall–Kier alpha value is -4.37. The predicted octanol–water partition coefficient (Wildman–Crippen LogP) is -0.0917. The SMILES string of the molecule is C=CCOCCOCCOCCOCCOCCOCCO[C@@H]1O[C@H](COC(C)=O)[C@@H](O[C@@H]2O[C@H](COC(C)=O)[C@H](OC(C)=O)[C@H](OC(C)=O)[C@H]2OC(C)=O)[C@H](OC(C)=O)[C@H]1OC(C)=O. The van der Waals surface area contributed by atoms with Crippen LogP contribution in [0.4, 0.5) is 0 Å². The molecular formula is C41H64O24. The van der Waals surface area contributed by atoms with E-state index in [4.69, 9.17) is 80.5 Å². The molecule has 0 aromatic heterocycles. The van der Waals surface area contributed by atoms with Crippen molar-refractivity contribution in [1.82, 2.24) is 0 Å². The zero-order valence-electron chi connectivity index (χ0n) is 38.0. The molecule has 0 radical (unpaired) electrons. The van der Waals surface area contributed by atoms with E-state index in [1.54, 1.807) is 6.08 Å². The Morgan fingerprint density at radius 2 is 0.723 bits per heavy atom. The van der Waals surface area contributed by atoms with Crippen molar-refractivity contribution < 1.29 is 114 Å². The highest BCUT2D eigenvalue weighted by Crippen LogP contribution is 2.35. The molecule has 372 valence electrons. The van der Waals surface area contributed by atoms with Gasteiger partial charge in [-0.2, -0.15) is 0 Å². The van der Waals surface area contributed by atoms with Crippen LogP contribution in [0.1, 0.15) is 48.5 Å². The predicted molar refractivity (Wildman–Crippen MR) is 214 cm³/mol. The van der Waals surface area contributed by atoms with Gasteiger partial charge in [-0.25, -0.2) is 0 Å². The maximum Gasteiger partial charge on any atom is 0.303 e. The van der Waals surface area contributed by atoms with Crippen LogP contribution in [-0.4, -0.2) is 202 Å². The van der Waals surface area contributed by atoms with E-state index in [0.29, 0.717) is 59.5 Å². The third kappa shape index (κ3) is 23.6. The zero-order chi connectivity index (χ0) is 48.1.